The average Bonchev–Trinajstić information content (AvgIpc) is 2.54. The highest BCUT2D eigenvalue weighted by atomic mass is 19.4. The molecular weight excluding hydrogens is 249 g/mol. The van der Waals surface area contributed by atoms with Crippen molar-refractivity contribution in [3.63, 3.8) is 0 Å². The maximum atomic E-state index is 12.8. The van der Waals surface area contributed by atoms with Gasteiger partial charge >= 0.3 is 12.1 Å². The molecule has 0 aliphatic heterocycles. The van der Waals surface area contributed by atoms with Crippen molar-refractivity contribution in [1.29, 1.82) is 0 Å². The van der Waals surface area contributed by atoms with Gasteiger partial charge in [-0.25, -0.2) is 0 Å². The summed E-state index contributed by atoms with van der Waals surface area (Å²) in [4.78, 5) is 11.0. The summed E-state index contributed by atoms with van der Waals surface area (Å²) in [6.07, 6.45) is -3.30. The minimum Gasteiger partial charge on any atom is -0.481 e. The topological polar surface area (TPSA) is 55.1 Å². The molecule has 4 nitrogen and oxygen atoms in total. The van der Waals surface area contributed by atoms with Gasteiger partial charge in [-0.15, -0.1) is 0 Å². The molecule has 0 amide bonds. The summed E-state index contributed by atoms with van der Waals surface area (Å²) in [5.74, 6) is -2.50. The van der Waals surface area contributed by atoms with Crippen LogP contribution in [-0.4, -0.2) is 20.9 Å². The summed E-state index contributed by atoms with van der Waals surface area (Å²) in [6, 6.07) is 0. The molecule has 2 atom stereocenters. The zero-order valence-corrected chi connectivity index (χ0v) is 10.1. The molecule has 1 aromatic rings. The Hall–Kier alpha value is -1.53. The number of aromatic nitrogens is 2. The van der Waals surface area contributed by atoms with E-state index in [4.69, 9.17) is 5.11 Å². The van der Waals surface area contributed by atoms with Gasteiger partial charge in [0.05, 0.1) is 5.92 Å². The second-order valence-electron chi connectivity index (χ2n) is 5.22. The number of aryl methyl sites for hydroxylation is 1. The third kappa shape index (κ3) is 1.77. The second-order valence-corrected chi connectivity index (χ2v) is 5.22. The number of carbonyl (C=O) groups is 1. The van der Waals surface area contributed by atoms with E-state index in [-0.39, 0.29) is 5.56 Å². The van der Waals surface area contributed by atoms with Crippen molar-refractivity contribution >= 4 is 5.97 Å². The molecule has 2 unspecified atom stereocenters. The van der Waals surface area contributed by atoms with E-state index in [9.17, 15) is 18.0 Å². The lowest BCUT2D eigenvalue weighted by Crippen LogP contribution is -2.10. The van der Waals surface area contributed by atoms with Gasteiger partial charge in [0.25, 0.3) is 0 Å². The second kappa shape index (κ2) is 3.49. The Morgan fingerprint density at radius 2 is 2.06 bits per heavy atom. The van der Waals surface area contributed by atoms with Gasteiger partial charge in [0.2, 0.25) is 0 Å². The molecule has 1 aliphatic carbocycles. The van der Waals surface area contributed by atoms with Crippen molar-refractivity contribution in [3.8, 4) is 0 Å². The molecule has 0 aromatic carbocycles. The van der Waals surface area contributed by atoms with Gasteiger partial charge in [-0.1, -0.05) is 13.8 Å². The van der Waals surface area contributed by atoms with Crippen molar-refractivity contribution in [2.45, 2.75) is 25.9 Å². The van der Waals surface area contributed by atoms with Gasteiger partial charge in [0.15, 0.2) is 5.69 Å². The minimum absolute atomic E-state index is 0.0256. The van der Waals surface area contributed by atoms with Crippen LogP contribution in [0.1, 0.15) is 31.0 Å². The van der Waals surface area contributed by atoms with Crippen molar-refractivity contribution in [2.75, 3.05) is 0 Å². The third-order valence-corrected chi connectivity index (χ3v) is 3.55. The van der Waals surface area contributed by atoms with E-state index in [0.717, 1.165) is 4.68 Å². The summed E-state index contributed by atoms with van der Waals surface area (Å²) >= 11 is 0. The Bertz CT molecular complexity index is 505. The summed E-state index contributed by atoms with van der Waals surface area (Å²) < 4.78 is 39.5. The zero-order valence-electron chi connectivity index (χ0n) is 10.1. The first-order chi connectivity index (χ1) is 8.06. The van der Waals surface area contributed by atoms with Gasteiger partial charge in [-0.2, -0.15) is 18.3 Å². The molecule has 0 bridgehead atoms. The fourth-order valence-corrected chi connectivity index (χ4v) is 2.63. The molecular formula is C11H13F3N2O2. The first kappa shape index (κ1) is 12.9. The molecule has 1 saturated carbocycles. The maximum Gasteiger partial charge on any atom is 0.435 e. The first-order valence-electron chi connectivity index (χ1n) is 5.40. The van der Waals surface area contributed by atoms with Gasteiger partial charge in [0.1, 0.15) is 0 Å². The SMILES string of the molecule is Cn1cc(C2C(C(=O)O)C2(C)C)c(C(F)(F)F)n1. The third-order valence-electron chi connectivity index (χ3n) is 3.55. The largest absolute Gasteiger partial charge is 0.481 e. The summed E-state index contributed by atoms with van der Waals surface area (Å²) in [7, 11) is 1.39. The fourth-order valence-electron chi connectivity index (χ4n) is 2.63. The van der Waals surface area contributed by atoms with Crippen LogP contribution in [0.15, 0.2) is 6.20 Å². The number of hydrogen-bond acceptors (Lipinski definition) is 2. The van der Waals surface area contributed by atoms with Gasteiger partial charge in [-0.3, -0.25) is 9.48 Å². The molecule has 1 N–H and O–H groups in total. The molecule has 1 aliphatic rings. The van der Waals surface area contributed by atoms with Gasteiger partial charge in [-0.05, 0) is 5.41 Å². The molecule has 2 rings (SSSR count). The molecule has 7 heteroatoms. The Kier molecular flexibility index (Phi) is 2.50. The standard InChI is InChI=1S/C11H13F3N2O2/c1-10(2)6(7(10)9(17)18)5-4-16(3)15-8(5)11(12,13)14/h4,6-7H,1-3H3,(H,17,18). The summed E-state index contributed by atoms with van der Waals surface area (Å²) in [5.41, 5.74) is -1.68. The highest BCUT2D eigenvalue weighted by Crippen LogP contribution is 2.65. The molecule has 0 saturated heterocycles. The Morgan fingerprint density at radius 3 is 2.44 bits per heavy atom. The molecule has 100 valence electrons. The summed E-state index contributed by atoms with van der Waals surface area (Å²) in [5, 5.41) is 12.4. The predicted molar refractivity (Wildman–Crippen MR) is 55.9 cm³/mol. The van der Waals surface area contributed by atoms with Crippen LogP contribution in [0, 0.1) is 11.3 Å². The fraction of sp³-hybridized carbons (Fsp3) is 0.636. The number of carboxylic acid groups (broad SMARTS) is 1. The smallest absolute Gasteiger partial charge is 0.435 e. The highest BCUT2D eigenvalue weighted by molar-refractivity contribution is 5.77. The minimum atomic E-state index is -4.56. The Morgan fingerprint density at radius 1 is 1.50 bits per heavy atom. The van der Waals surface area contributed by atoms with E-state index < -0.39 is 35.1 Å². The molecule has 0 radical (unpaired) electrons. The number of alkyl halides is 3. The first-order valence-corrected chi connectivity index (χ1v) is 5.40. The van der Waals surface area contributed by atoms with Crippen LogP contribution in [0.3, 0.4) is 0 Å². The lowest BCUT2D eigenvalue weighted by atomic mass is 10.0. The van der Waals surface area contributed by atoms with Crippen molar-refractivity contribution in [1.82, 2.24) is 9.78 Å². The average molecular weight is 262 g/mol. The van der Waals surface area contributed by atoms with Crippen LogP contribution < -0.4 is 0 Å². The Labute approximate surface area is 101 Å². The van der Waals surface area contributed by atoms with Crippen LogP contribution in [-0.2, 0) is 18.0 Å². The van der Waals surface area contributed by atoms with Crippen LogP contribution in [0.4, 0.5) is 13.2 Å². The van der Waals surface area contributed by atoms with E-state index >= 15 is 0 Å². The molecule has 1 fully saturated rings. The molecule has 1 aromatic heterocycles. The normalized spacial score (nSPS) is 26.1. The number of rotatable bonds is 2. The van der Waals surface area contributed by atoms with Gasteiger partial charge in [0, 0.05) is 24.7 Å². The van der Waals surface area contributed by atoms with Gasteiger partial charge < -0.3 is 5.11 Å². The number of carboxylic acids is 1. The number of nitrogens with zero attached hydrogens (tertiary/aromatic N) is 2. The maximum absolute atomic E-state index is 12.8. The summed E-state index contributed by atoms with van der Waals surface area (Å²) in [6.45, 7) is 3.31. The van der Waals surface area contributed by atoms with E-state index in [1.807, 2.05) is 0 Å². The van der Waals surface area contributed by atoms with Crippen LogP contribution in [0.2, 0.25) is 0 Å². The quantitative estimate of drug-likeness (QED) is 0.889. The van der Waals surface area contributed by atoms with E-state index in [1.165, 1.54) is 13.2 Å². The highest BCUT2D eigenvalue weighted by Gasteiger charge is 2.64. The number of halogens is 3. The van der Waals surface area contributed by atoms with Crippen LogP contribution in [0.5, 0.6) is 0 Å². The lowest BCUT2D eigenvalue weighted by molar-refractivity contribution is -0.143. The van der Waals surface area contributed by atoms with Crippen molar-refractivity contribution in [3.05, 3.63) is 17.5 Å². The van der Waals surface area contributed by atoms with E-state index in [2.05, 4.69) is 5.10 Å². The predicted octanol–water partition coefficient (Wildman–Crippen LogP) is 2.26. The van der Waals surface area contributed by atoms with Crippen LogP contribution >= 0.6 is 0 Å². The molecule has 18 heavy (non-hydrogen) atoms. The van der Waals surface area contributed by atoms with E-state index in [1.54, 1.807) is 13.8 Å². The number of aliphatic carboxylic acids is 1. The molecule has 0 spiro atoms. The number of hydrogen-bond donors (Lipinski definition) is 1. The van der Waals surface area contributed by atoms with Crippen LogP contribution in [0.25, 0.3) is 0 Å². The lowest BCUT2D eigenvalue weighted by Gasteiger charge is -2.06. The van der Waals surface area contributed by atoms with E-state index in [0.29, 0.717) is 0 Å². The monoisotopic (exact) mass is 262 g/mol. The van der Waals surface area contributed by atoms with Crippen molar-refractivity contribution in [2.24, 2.45) is 18.4 Å². The zero-order chi connectivity index (χ0) is 13.9. The molecule has 1 heterocycles. The Balaban J connectivity index is 2.45. The van der Waals surface area contributed by atoms with Crippen molar-refractivity contribution < 1.29 is 23.1 Å².